The molecule has 41 heavy (non-hydrogen) atoms. The van der Waals surface area contributed by atoms with Crippen LogP contribution in [-0.4, -0.2) is 46.4 Å². The summed E-state index contributed by atoms with van der Waals surface area (Å²) in [7, 11) is 0. The summed E-state index contributed by atoms with van der Waals surface area (Å²) < 4.78 is 5.34. The number of nitrogens with zero attached hydrogens (tertiary/aromatic N) is 1. The summed E-state index contributed by atoms with van der Waals surface area (Å²) in [5, 5.41) is 7.51. The van der Waals surface area contributed by atoms with Crippen LogP contribution in [-0.2, 0) is 19.1 Å². The molecule has 1 saturated carbocycles. The zero-order valence-electron chi connectivity index (χ0n) is 24.1. The molecule has 0 radical (unpaired) electrons. The minimum Gasteiger partial charge on any atom is -0.444 e. The van der Waals surface area contributed by atoms with Crippen molar-refractivity contribution in [3.8, 4) is 0 Å². The van der Waals surface area contributed by atoms with Gasteiger partial charge in [0.1, 0.15) is 17.7 Å². The lowest BCUT2D eigenvalue weighted by molar-refractivity contribution is -0.142. The molecule has 3 aromatic rings. The predicted octanol–water partition coefficient (Wildman–Crippen LogP) is 4.83. The van der Waals surface area contributed by atoms with E-state index in [1.54, 1.807) is 20.8 Å². The molecule has 0 bridgehead atoms. The Labute approximate surface area is 240 Å². The standard InChI is InChI=1S/C32H38N4O5/c1-19-10-12-22(13-11-19)28(29(38)34-24-15-14-21-8-6-7-9-23(21)17-24)36(26-16-20(26)2)30(39)25(18-27(33)37)35-31(40)41-32(3,4)5/h6-15,17,20,25-26,28H,16,18H2,1-5H3,(H2,33,37)(H,34,38)(H,35,40). The molecule has 0 aliphatic heterocycles. The number of amides is 4. The summed E-state index contributed by atoms with van der Waals surface area (Å²) in [5.74, 6) is -1.64. The first-order valence-electron chi connectivity index (χ1n) is 13.8. The number of nitrogens with two attached hydrogens (primary N) is 1. The Balaban J connectivity index is 1.71. The molecule has 1 aliphatic carbocycles. The largest absolute Gasteiger partial charge is 0.444 e. The first kappa shape index (κ1) is 29.6. The van der Waals surface area contributed by atoms with Gasteiger partial charge in [-0.1, -0.05) is 67.1 Å². The Morgan fingerprint density at radius 1 is 1.00 bits per heavy atom. The molecule has 216 valence electrons. The van der Waals surface area contributed by atoms with Crippen molar-refractivity contribution in [1.29, 1.82) is 0 Å². The smallest absolute Gasteiger partial charge is 0.408 e. The van der Waals surface area contributed by atoms with Gasteiger partial charge in [-0.05, 0) is 68.5 Å². The van der Waals surface area contributed by atoms with E-state index in [9.17, 15) is 19.2 Å². The number of hydrogen-bond acceptors (Lipinski definition) is 5. The van der Waals surface area contributed by atoms with Crippen molar-refractivity contribution >= 4 is 40.3 Å². The van der Waals surface area contributed by atoms with Gasteiger partial charge in [-0.2, -0.15) is 0 Å². The van der Waals surface area contributed by atoms with Crippen LogP contribution < -0.4 is 16.4 Å². The first-order valence-corrected chi connectivity index (χ1v) is 13.8. The molecule has 4 atom stereocenters. The Hall–Kier alpha value is -4.40. The Morgan fingerprint density at radius 2 is 1.63 bits per heavy atom. The number of anilines is 1. The summed E-state index contributed by atoms with van der Waals surface area (Å²) in [6.45, 7) is 9.01. The zero-order valence-corrected chi connectivity index (χ0v) is 24.1. The van der Waals surface area contributed by atoms with Crippen molar-refractivity contribution in [2.75, 3.05) is 5.32 Å². The minimum atomic E-state index is -1.31. The summed E-state index contributed by atoms with van der Waals surface area (Å²) in [6, 6.07) is 18.2. The number of nitrogens with one attached hydrogen (secondary N) is 2. The lowest BCUT2D eigenvalue weighted by Gasteiger charge is -2.35. The number of ether oxygens (including phenoxy) is 1. The van der Waals surface area contributed by atoms with Gasteiger partial charge in [0.05, 0.1) is 6.42 Å². The van der Waals surface area contributed by atoms with Crippen LogP contribution in [0.25, 0.3) is 10.8 Å². The van der Waals surface area contributed by atoms with Gasteiger partial charge in [0, 0.05) is 11.7 Å². The van der Waals surface area contributed by atoms with E-state index in [1.807, 2.05) is 80.6 Å². The summed E-state index contributed by atoms with van der Waals surface area (Å²) >= 11 is 0. The highest BCUT2D eigenvalue weighted by atomic mass is 16.6. The maximum atomic E-state index is 14.2. The van der Waals surface area contributed by atoms with E-state index >= 15 is 0 Å². The zero-order chi connectivity index (χ0) is 29.9. The fourth-order valence-corrected chi connectivity index (χ4v) is 4.87. The molecule has 0 heterocycles. The van der Waals surface area contributed by atoms with Crippen LogP contribution in [0.1, 0.15) is 57.7 Å². The highest BCUT2D eigenvalue weighted by Crippen LogP contribution is 2.41. The fourth-order valence-electron chi connectivity index (χ4n) is 4.87. The van der Waals surface area contributed by atoms with Crippen LogP contribution >= 0.6 is 0 Å². The number of benzene rings is 3. The summed E-state index contributed by atoms with van der Waals surface area (Å²) in [5.41, 5.74) is 6.86. The molecule has 4 N–H and O–H groups in total. The number of fused-ring (bicyclic) bond motifs is 1. The van der Waals surface area contributed by atoms with Crippen LogP contribution in [0, 0.1) is 12.8 Å². The van der Waals surface area contributed by atoms with Gasteiger partial charge in [-0.3, -0.25) is 14.4 Å². The van der Waals surface area contributed by atoms with Crippen molar-refractivity contribution in [3.63, 3.8) is 0 Å². The molecule has 9 heteroatoms. The number of rotatable bonds is 9. The van der Waals surface area contributed by atoms with Crippen molar-refractivity contribution in [2.45, 2.75) is 71.2 Å². The number of carbonyl (C=O) groups excluding carboxylic acids is 4. The van der Waals surface area contributed by atoms with E-state index < -0.39 is 47.9 Å². The van der Waals surface area contributed by atoms with Gasteiger partial charge in [-0.15, -0.1) is 0 Å². The predicted molar refractivity (Wildman–Crippen MR) is 158 cm³/mol. The maximum Gasteiger partial charge on any atom is 0.408 e. The van der Waals surface area contributed by atoms with Crippen molar-refractivity contribution in [3.05, 3.63) is 77.9 Å². The number of hydrogen-bond donors (Lipinski definition) is 3. The number of carbonyl (C=O) groups is 4. The van der Waals surface area contributed by atoms with Gasteiger partial charge in [0.25, 0.3) is 5.91 Å². The third kappa shape index (κ3) is 7.63. The SMILES string of the molecule is Cc1ccc(C(C(=O)Nc2ccc3ccccc3c2)N(C(=O)C(CC(N)=O)NC(=O)OC(C)(C)C)C2CC2C)cc1. The number of aryl methyl sites for hydroxylation is 1. The monoisotopic (exact) mass is 558 g/mol. The van der Waals surface area contributed by atoms with Crippen molar-refractivity contribution in [2.24, 2.45) is 11.7 Å². The Kier molecular flexibility index (Phi) is 8.66. The third-order valence-corrected chi connectivity index (χ3v) is 7.01. The average Bonchev–Trinajstić information content (AvgIpc) is 3.61. The molecule has 1 aliphatic rings. The minimum absolute atomic E-state index is 0.121. The van der Waals surface area contributed by atoms with E-state index in [0.29, 0.717) is 17.7 Å². The van der Waals surface area contributed by atoms with Gasteiger partial charge < -0.3 is 26.0 Å². The van der Waals surface area contributed by atoms with Crippen molar-refractivity contribution < 1.29 is 23.9 Å². The molecule has 4 rings (SSSR count). The highest BCUT2D eigenvalue weighted by molar-refractivity contribution is 6.01. The summed E-state index contributed by atoms with van der Waals surface area (Å²) in [6.07, 6.45) is -0.622. The summed E-state index contributed by atoms with van der Waals surface area (Å²) in [4.78, 5) is 54.4. The molecule has 0 spiro atoms. The van der Waals surface area contributed by atoms with Gasteiger partial charge >= 0.3 is 6.09 Å². The molecule has 9 nitrogen and oxygen atoms in total. The molecule has 0 aromatic heterocycles. The Morgan fingerprint density at radius 3 is 2.22 bits per heavy atom. The van der Waals surface area contributed by atoms with E-state index in [2.05, 4.69) is 10.6 Å². The van der Waals surface area contributed by atoms with Crippen LogP contribution in [0.5, 0.6) is 0 Å². The first-order chi connectivity index (χ1) is 19.3. The quantitative estimate of drug-likeness (QED) is 0.346. The van der Waals surface area contributed by atoms with Crippen LogP contribution in [0.3, 0.4) is 0 Å². The second-order valence-electron chi connectivity index (χ2n) is 11.8. The second-order valence-corrected chi connectivity index (χ2v) is 11.8. The highest BCUT2D eigenvalue weighted by Gasteiger charge is 2.48. The van der Waals surface area contributed by atoms with E-state index in [0.717, 1.165) is 16.3 Å². The second kappa shape index (κ2) is 12.0. The van der Waals surface area contributed by atoms with Gasteiger partial charge in [0.15, 0.2) is 0 Å². The Bertz CT molecular complexity index is 1450. The molecule has 3 aromatic carbocycles. The van der Waals surface area contributed by atoms with Gasteiger partial charge in [0.2, 0.25) is 11.8 Å². The van der Waals surface area contributed by atoms with Crippen LogP contribution in [0.4, 0.5) is 10.5 Å². The maximum absolute atomic E-state index is 14.2. The lowest BCUT2D eigenvalue weighted by Crippen LogP contribution is -2.54. The van der Waals surface area contributed by atoms with E-state index in [-0.39, 0.29) is 12.0 Å². The average molecular weight is 559 g/mol. The lowest BCUT2D eigenvalue weighted by atomic mass is 10.00. The van der Waals surface area contributed by atoms with Crippen LogP contribution in [0.2, 0.25) is 0 Å². The number of primary amides is 1. The third-order valence-electron chi connectivity index (χ3n) is 7.01. The van der Waals surface area contributed by atoms with E-state index in [4.69, 9.17) is 10.5 Å². The molecule has 1 fully saturated rings. The normalized spacial score (nSPS) is 17.7. The molecule has 0 saturated heterocycles. The topological polar surface area (TPSA) is 131 Å². The number of alkyl carbamates (subject to hydrolysis) is 1. The molecule has 4 amide bonds. The van der Waals surface area contributed by atoms with Gasteiger partial charge in [-0.25, -0.2) is 4.79 Å². The fraction of sp³-hybridized carbons (Fsp3) is 0.375. The molecular weight excluding hydrogens is 520 g/mol. The van der Waals surface area contributed by atoms with Crippen LogP contribution in [0.15, 0.2) is 66.7 Å². The molecule has 4 unspecified atom stereocenters. The molecular formula is C32H38N4O5. The van der Waals surface area contributed by atoms with Crippen molar-refractivity contribution in [1.82, 2.24) is 10.2 Å². The van der Waals surface area contributed by atoms with E-state index in [1.165, 1.54) is 4.90 Å².